The fourth-order valence-corrected chi connectivity index (χ4v) is 3.77. The van der Waals surface area contributed by atoms with Gasteiger partial charge in [-0.1, -0.05) is 102 Å². The quantitative estimate of drug-likeness (QED) is 0.174. The topological polar surface area (TPSA) is 9.23 Å². The number of nitrogens with zero attached hydrogens (tertiary/aromatic N) is 1. The van der Waals surface area contributed by atoms with E-state index in [1.54, 1.807) is 0 Å². The van der Waals surface area contributed by atoms with Gasteiger partial charge >= 0.3 is 0 Å². The van der Waals surface area contributed by atoms with Crippen molar-refractivity contribution < 1.29 is 9.22 Å². The highest BCUT2D eigenvalue weighted by molar-refractivity contribution is 5.20. The second-order valence-electron chi connectivity index (χ2n) is 9.14. The summed E-state index contributed by atoms with van der Waals surface area (Å²) in [5.41, 5.74) is 0. The molecule has 1 aromatic carbocycles. The van der Waals surface area contributed by atoms with Gasteiger partial charge in [-0.05, 0) is 25.0 Å². The maximum atomic E-state index is 5.85. The van der Waals surface area contributed by atoms with E-state index in [-0.39, 0.29) is 0 Å². The number of ether oxygens (including phenoxy) is 1. The van der Waals surface area contributed by atoms with E-state index in [2.05, 4.69) is 21.0 Å². The van der Waals surface area contributed by atoms with Gasteiger partial charge in [0.2, 0.25) is 0 Å². The molecule has 0 N–H and O–H groups in total. The van der Waals surface area contributed by atoms with Gasteiger partial charge in [0.15, 0.2) is 0 Å². The van der Waals surface area contributed by atoms with E-state index in [0.717, 1.165) is 23.4 Å². The number of likely N-dealkylation sites (N-methyl/N-ethyl adjacent to an activating group) is 1. The lowest BCUT2D eigenvalue weighted by atomic mass is 10.0. The van der Waals surface area contributed by atoms with Gasteiger partial charge in [0.05, 0.1) is 20.6 Å². The molecule has 0 aliphatic carbocycles. The molecule has 2 nitrogen and oxygen atoms in total. The van der Waals surface area contributed by atoms with Crippen LogP contribution in [0.3, 0.4) is 0 Å². The highest BCUT2D eigenvalue weighted by Gasteiger charge is 2.14. The summed E-state index contributed by atoms with van der Waals surface area (Å²) in [7, 11) is 4.66. The number of rotatable bonds is 19. The zero-order valence-corrected chi connectivity index (χ0v) is 19.3. The van der Waals surface area contributed by atoms with Crippen molar-refractivity contribution in [2.75, 3.05) is 33.8 Å². The molecule has 0 fully saturated rings. The van der Waals surface area contributed by atoms with Crippen LogP contribution >= 0.6 is 0 Å². The third-order valence-electron chi connectivity index (χ3n) is 5.83. The van der Waals surface area contributed by atoms with E-state index < -0.39 is 0 Å². The van der Waals surface area contributed by atoms with Crippen molar-refractivity contribution >= 4 is 0 Å². The van der Waals surface area contributed by atoms with Crippen LogP contribution in [0, 0.1) is 0 Å². The fourth-order valence-electron chi connectivity index (χ4n) is 3.77. The van der Waals surface area contributed by atoms with Crippen LogP contribution < -0.4 is 4.74 Å². The second-order valence-corrected chi connectivity index (χ2v) is 9.14. The highest BCUT2D eigenvalue weighted by atomic mass is 16.5. The summed E-state index contributed by atoms with van der Waals surface area (Å²) in [5, 5.41) is 0. The van der Waals surface area contributed by atoms with Crippen LogP contribution in [-0.2, 0) is 0 Å². The fraction of sp³-hybridized carbons (Fsp3) is 0.769. The van der Waals surface area contributed by atoms with Crippen molar-refractivity contribution in [1.29, 1.82) is 0 Å². The number of hydrogen-bond acceptors (Lipinski definition) is 1. The molecule has 0 amide bonds. The highest BCUT2D eigenvalue weighted by Crippen LogP contribution is 2.14. The van der Waals surface area contributed by atoms with Gasteiger partial charge in [-0.2, -0.15) is 0 Å². The molecule has 162 valence electrons. The minimum atomic E-state index is 0.801. The van der Waals surface area contributed by atoms with E-state index >= 15 is 0 Å². The van der Waals surface area contributed by atoms with Gasteiger partial charge in [0, 0.05) is 0 Å². The van der Waals surface area contributed by atoms with E-state index in [0.29, 0.717) is 0 Å². The Balaban J connectivity index is 1.85. The molecule has 0 spiro atoms. The van der Waals surface area contributed by atoms with Crippen LogP contribution in [0.4, 0.5) is 0 Å². The normalized spacial score (nSPS) is 11.7. The Labute approximate surface area is 176 Å². The molecule has 2 heteroatoms. The summed E-state index contributed by atoms with van der Waals surface area (Å²) in [5.74, 6) is 0.985. The molecule has 0 aromatic heterocycles. The lowest BCUT2D eigenvalue weighted by Crippen LogP contribution is -2.43. The second kappa shape index (κ2) is 16.9. The Kier molecular flexibility index (Phi) is 15.1. The molecule has 1 rings (SSSR count). The maximum absolute atomic E-state index is 5.85. The van der Waals surface area contributed by atoms with E-state index in [4.69, 9.17) is 4.74 Å². The molecule has 0 saturated carbocycles. The minimum Gasteiger partial charge on any atom is -0.488 e. The van der Waals surface area contributed by atoms with Crippen molar-refractivity contribution in [2.24, 2.45) is 0 Å². The zero-order valence-electron chi connectivity index (χ0n) is 19.3. The predicted octanol–water partition coefficient (Wildman–Crippen LogP) is 7.62. The average molecular weight is 391 g/mol. The molecular formula is C26H48NO+. The first-order valence-electron chi connectivity index (χ1n) is 12.1. The summed E-state index contributed by atoms with van der Waals surface area (Å²) in [6, 6.07) is 10.2. The van der Waals surface area contributed by atoms with Crippen molar-refractivity contribution in [3.05, 3.63) is 30.3 Å². The van der Waals surface area contributed by atoms with Gasteiger partial charge in [-0.3, -0.25) is 0 Å². The lowest BCUT2D eigenvalue weighted by Gasteiger charge is -2.29. The van der Waals surface area contributed by atoms with Crippen LogP contribution in [0.25, 0.3) is 0 Å². The standard InChI is InChI=1S/C26H48NO/c1-4-5-6-7-8-9-10-11-12-13-14-15-16-20-23-27(2,3)24-25-28-26-21-18-17-19-22-26/h17-19,21-22H,4-16,20,23-25H2,1-3H3/q+1. The van der Waals surface area contributed by atoms with E-state index in [1.165, 1.54) is 96.4 Å². The summed E-state index contributed by atoms with van der Waals surface area (Å²) < 4.78 is 6.91. The molecule has 0 unspecified atom stereocenters. The summed E-state index contributed by atoms with van der Waals surface area (Å²) >= 11 is 0. The van der Waals surface area contributed by atoms with Gasteiger partial charge in [0.1, 0.15) is 18.9 Å². The summed E-state index contributed by atoms with van der Waals surface area (Å²) in [6.07, 6.45) is 20.0. The Morgan fingerprint density at radius 1 is 0.607 bits per heavy atom. The molecule has 0 heterocycles. The third kappa shape index (κ3) is 15.0. The Morgan fingerprint density at radius 3 is 1.57 bits per heavy atom. The SMILES string of the molecule is CCCCCCCCCCCCCCCC[N+](C)(C)CCOc1ccccc1. The van der Waals surface area contributed by atoms with Gasteiger partial charge in [-0.25, -0.2) is 0 Å². The number of benzene rings is 1. The molecule has 0 bridgehead atoms. The molecule has 0 radical (unpaired) electrons. The minimum absolute atomic E-state index is 0.801. The molecule has 0 atom stereocenters. The molecular weight excluding hydrogens is 342 g/mol. The smallest absolute Gasteiger partial charge is 0.137 e. The van der Waals surface area contributed by atoms with Crippen molar-refractivity contribution in [2.45, 2.75) is 96.8 Å². The first-order chi connectivity index (χ1) is 13.6. The number of para-hydroxylation sites is 1. The van der Waals surface area contributed by atoms with E-state index in [9.17, 15) is 0 Å². The van der Waals surface area contributed by atoms with Crippen molar-refractivity contribution in [1.82, 2.24) is 0 Å². The molecule has 28 heavy (non-hydrogen) atoms. The van der Waals surface area contributed by atoms with Crippen LogP contribution in [0.1, 0.15) is 96.8 Å². The van der Waals surface area contributed by atoms with E-state index in [1.807, 2.05) is 30.3 Å². The molecule has 0 saturated heterocycles. The van der Waals surface area contributed by atoms with Crippen molar-refractivity contribution in [3.63, 3.8) is 0 Å². The Hall–Kier alpha value is -1.02. The molecule has 0 aliphatic rings. The third-order valence-corrected chi connectivity index (χ3v) is 5.83. The maximum Gasteiger partial charge on any atom is 0.137 e. The molecule has 0 aliphatic heterocycles. The predicted molar refractivity (Wildman–Crippen MR) is 124 cm³/mol. The van der Waals surface area contributed by atoms with Gasteiger partial charge < -0.3 is 9.22 Å². The lowest BCUT2D eigenvalue weighted by molar-refractivity contribution is -0.890. The first-order valence-corrected chi connectivity index (χ1v) is 12.1. The van der Waals surface area contributed by atoms with Crippen molar-refractivity contribution in [3.8, 4) is 5.75 Å². The summed E-state index contributed by atoms with van der Waals surface area (Å²) in [6.45, 7) is 5.43. The van der Waals surface area contributed by atoms with Gasteiger partial charge in [-0.15, -0.1) is 0 Å². The van der Waals surface area contributed by atoms with Crippen LogP contribution in [-0.4, -0.2) is 38.3 Å². The van der Waals surface area contributed by atoms with Crippen LogP contribution in [0.2, 0.25) is 0 Å². The summed E-state index contributed by atoms with van der Waals surface area (Å²) in [4.78, 5) is 0. The number of unbranched alkanes of at least 4 members (excludes halogenated alkanes) is 13. The Bertz CT molecular complexity index is 443. The zero-order chi connectivity index (χ0) is 20.3. The van der Waals surface area contributed by atoms with Crippen LogP contribution in [0.15, 0.2) is 30.3 Å². The van der Waals surface area contributed by atoms with Crippen LogP contribution in [0.5, 0.6) is 5.75 Å². The van der Waals surface area contributed by atoms with Gasteiger partial charge in [0.25, 0.3) is 0 Å². The average Bonchev–Trinajstić information content (AvgIpc) is 2.69. The first kappa shape index (κ1) is 25.0. The largest absolute Gasteiger partial charge is 0.488 e. The molecule has 1 aromatic rings. The monoisotopic (exact) mass is 390 g/mol. The number of quaternary nitrogens is 1. The number of hydrogen-bond donors (Lipinski definition) is 0. The Morgan fingerprint density at radius 2 is 1.07 bits per heavy atom.